The minimum absolute atomic E-state index is 0.231. The summed E-state index contributed by atoms with van der Waals surface area (Å²) in [5, 5.41) is 12.0. The van der Waals surface area contributed by atoms with E-state index in [4.69, 9.17) is 0 Å². The van der Waals surface area contributed by atoms with E-state index >= 15 is 0 Å². The number of nitrogens with zero attached hydrogens (tertiary/aromatic N) is 1. The first-order chi connectivity index (χ1) is 4.09. The van der Waals surface area contributed by atoms with Gasteiger partial charge in [-0.15, -0.1) is 0 Å². The van der Waals surface area contributed by atoms with Gasteiger partial charge in [0.05, 0.1) is 25.6 Å². The predicted octanol–water partition coefficient (Wildman–Crippen LogP) is -0.0156. The number of rotatable bonds is 2. The highest BCUT2D eigenvalue weighted by Gasteiger charge is 1.99. The largest absolute Gasteiger partial charge is 0.596 e. The molecule has 0 heterocycles. The maximum absolute atomic E-state index is 10.5. The fourth-order valence-electron chi connectivity index (χ4n) is 0.345. The molecule has 0 aromatic rings. The highest BCUT2D eigenvalue weighted by atomic mass is 32.1. The lowest BCUT2D eigenvalue weighted by molar-refractivity contribution is -0.826. The van der Waals surface area contributed by atoms with Crippen molar-refractivity contribution in [1.82, 2.24) is 5.01 Å². The third-order valence-corrected chi connectivity index (χ3v) is 1.53. The Labute approximate surface area is 61.0 Å². The molecule has 0 amide bonds. The third kappa shape index (κ3) is 2.74. The molecule has 4 heteroatoms. The van der Waals surface area contributed by atoms with Crippen LogP contribution < -0.4 is 4.58 Å². The van der Waals surface area contributed by atoms with Crippen molar-refractivity contribution >= 4 is 12.8 Å². The van der Waals surface area contributed by atoms with Gasteiger partial charge in [0.15, 0.2) is 0 Å². The topological polar surface area (TPSA) is 30.7 Å². The second-order valence-electron chi connectivity index (χ2n) is 1.77. The third-order valence-electron chi connectivity index (χ3n) is 1.23. The molecule has 9 heavy (non-hydrogen) atoms. The van der Waals surface area contributed by atoms with Crippen LogP contribution in [0.4, 0.5) is 0 Å². The summed E-state index contributed by atoms with van der Waals surface area (Å²) in [6.07, 6.45) is 1.86. The van der Waals surface area contributed by atoms with Crippen molar-refractivity contribution in [2.75, 3.05) is 7.05 Å². The van der Waals surface area contributed by atoms with Crippen LogP contribution in [0.3, 0.4) is 0 Å². The van der Waals surface area contributed by atoms with Gasteiger partial charge in [0, 0.05) is 0 Å². The van der Waals surface area contributed by atoms with Crippen molar-refractivity contribution < 1.29 is 4.58 Å². The number of hydrogen-bond acceptors (Lipinski definition) is 3. The molecule has 3 nitrogen and oxygen atoms in total. The standard InChI is InChI=1S/C5H12N2OS/c1-4-5(2)6(3)7(8)9/h4,7,9H,1-3H3/b5-4+. The van der Waals surface area contributed by atoms with E-state index in [0.717, 1.165) is 5.70 Å². The average Bonchev–Trinajstić information content (AvgIpc) is 1.84. The van der Waals surface area contributed by atoms with E-state index in [-0.39, 0.29) is 4.58 Å². The second-order valence-corrected chi connectivity index (χ2v) is 2.15. The first kappa shape index (κ1) is 8.81. The van der Waals surface area contributed by atoms with Crippen LogP contribution in [0.1, 0.15) is 13.8 Å². The maximum Gasteiger partial charge on any atom is 0.0842 e. The molecule has 1 N–H and O–H groups in total. The molecule has 0 aliphatic carbocycles. The van der Waals surface area contributed by atoms with Gasteiger partial charge in [-0.3, -0.25) is 0 Å². The number of allylic oxidation sites excluding steroid dienone is 2. The molecule has 0 fully saturated rings. The molecule has 0 rings (SSSR count). The summed E-state index contributed by atoms with van der Waals surface area (Å²) < 4.78 is -0.231. The van der Waals surface area contributed by atoms with Crippen LogP contribution in [0.25, 0.3) is 0 Å². The molecule has 54 valence electrons. The number of hydrogen-bond donors (Lipinski definition) is 2. The Bertz CT molecular complexity index is 114. The van der Waals surface area contributed by atoms with Crippen molar-refractivity contribution in [1.29, 1.82) is 0 Å². The normalized spacial score (nSPS) is 15.4. The molecular weight excluding hydrogens is 136 g/mol. The summed E-state index contributed by atoms with van der Waals surface area (Å²) in [5.74, 6) is 0. The smallest absolute Gasteiger partial charge is 0.0842 e. The van der Waals surface area contributed by atoms with Crippen molar-refractivity contribution in [3.63, 3.8) is 0 Å². The van der Waals surface area contributed by atoms with E-state index in [1.165, 1.54) is 5.01 Å². The Kier molecular flexibility index (Phi) is 3.68. The lowest BCUT2D eigenvalue weighted by Gasteiger charge is -2.26. The first-order valence-electron chi connectivity index (χ1n) is 2.69. The van der Waals surface area contributed by atoms with E-state index in [1.807, 2.05) is 19.9 Å². The van der Waals surface area contributed by atoms with Gasteiger partial charge in [-0.2, -0.15) is 0 Å². The SMILES string of the molecule is C/C=C(\C)N(C)[NH+]([O-])S. The minimum Gasteiger partial charge on any atom is -0.596 e. The summed E-state index contributed by atoms with van der Waals surface area (Å²) in [5.41, 5.74) is 0.912. The van der Waals surface area contributed by atoms with Crippen molar-refractivity contribution in [2.24, 2.45) is 0 Å². The van der Waals surface area contributed by atoms with Gasteiger partial charge in [0.25, 0.3) is 0 Å². The van der Waals surface area contributed by atoms with E-state index in [9.17, 15) is 5.21 Å². The van der Waals surface area contributed by atoms with Crippen LogP contribution in [0.15, 0.2) is 11.8 Å². The minimum atomic E-state index is -0.231. The van der Waals surface area contributed by atoms with Crippen LogP contribution in [-0.4, -0.2) is 12.1 Å². The van der Waals surface area contributed by atoms with E-state index in [1.54, 1.807) is 7.05 Å². The summed E-state index contributed by atoms with van der Waals surface area (Å²) in [6, 6.07) is 0. The van der Waals surface area contributed by atoms with Crippen LogP contribution in [0, 0.1) is 5.21 Å². The molecule has 1 unspecified atom stereocenters. The number of quaternary nitrogens is 1. The number of nitrogens with one attached hydrogen (secondary N) is 1. The van der Waals surface area contributed by atoms with Gasteiger partial charge >= 0.3 is 0 Å². The molecule has 0 aliphatic heterocycles. The summed E-state index contributed by atoms with van der Waals surface area (Å²) in [7, 11) is 1.69. The predicted molar refractivity (Wildman–Crippen MR) is 40.5 cm³/mol. The van der Waals surface area contributed by atoms with Gasteiger partial charge in [-0.1, -0.05) is 6.08 Å². The van der Waals surface area contributed by atoms with Gasteiger partial charge < -0.3 is 5.21 Å². The molecule has 0 aromatic heterocycles. The van der Waals surface area contributed by atoms with Gasteiger partial charge in [0.2, 0.25) is 0 Å². The molecule has 0 aliphatic rings. The fourth-order valence-corrected chi connectivity index (χ4v) is 0.502. The van der Waals surface area contributed by atoms with Crippen LogP contribution >= 0.6 is 12.8 Å². The van der Waals surface area contributed by atoms with E-state index in [2.05, 4.69) is 12.8 Å². The zero-order valence-corrected chi connectivity index (χ0v) is 6.77. The zero-order chi connectivity index (χ0) is 7.44. The summed E-state index contributed by atoms with van der Waals surface area (Å²) >= 11 is 3.63. The van der Waals surface area contributed by atoms with Crippen molar-refractivity contribution in [3.05, 3.63) is 17.0 Å². The Balaban J connectivity index is 3.88. The molecule has 1 atom stereocenters. The molecule has 0 saturated heterocycles. The molecule has 0 saturated carbocycles. The Morgan fingerprint density at radius 3 is 2.33 bits per heavy atom. The summed E-state index contributed by atoms with van der Waals surface area (Å²) in [6.45, 7) is 3.73. The molecule has 0 spiro atoms. The van der Waals surface area contributed by atoms with Crippen molar-refractivity contribution in [3.8, 4) is 0 Å². The fraction of sp³-hybridized carbons (Fsp3) is 0.600. The highest BCUT2D eigenvalue weighted by molar-refractivity contribution is 7.73. The van der Waals surface area contributed by atoms with Crippen molar-refractivity contribution in [2.45, 2.75) is 13.8 Å². The van der Waals surface area contributed by atoms with Gasteiger partial charge in [-0.25, -0.2) is 9.59 Å². The van der Waals surface area contributed by atoms with Crippen LogP contribution in [0.5, 0.6) is 0 Å². The average molecular weight is 148 g/mol. The van der Waals surface area contributed by atoms with E-state index < -0.39 is 0 Å². The maximum atomic E-state index is 10.5. The molecule has 0 radical (unpaired) electrons. The zero-order valence-electron chi connectivity index (χ0n) is 5.88. The molecule has 0 bridgehead atoms. The Morgan fingerprint density at radius 1 is 1.78 bits per heavy atom. The number of thiol groups is 1. The lowest BCUT2D eigenvalue weighted by atomic mass is 10.4. The molecule has 0 aromatic carbocycles. The Hall–Kier alpha value is -0.190. The quantitative estimate of drug-likeness (QED) is 0.426. The highest BCUT2D eigenvalue weighted by Crippen LogP contribution is 1.90. The lowest BCUT2D eigenvalue weighted by Crippen LogP contribution is -3.04. The monoisotopic (exact) mass is 148 g/mol. The first-order valence-corrected chi connectivity index (χ1v) is 3.14. The van der Waals surface area contributed by atoms with Crippen LogP contribution in [-0.2, 0) is 0 Å². The van der Waals surface area contributed by atoms with Gasteiger partial charge in [0.1, 0.15) is 0 Å². The van der Waals surface area contributed by atoms with Crippen LogP contribution in [0.2, 0.25) is 0 Å². The Morgan fingerprint density at radius 2 is 2.22 bits per heavy atom. The second kappa shape index (κ2) is 3.76. The summed E-state index contributed by atoms with van der Waals surface area (Å²) in [4.78, 5) is 0. The molecular formula is C5H12N2OS. The van der Waals surface area contributed by atoms with Gasteiger partial charge in [-0.05, 0) is 13.8 Å². The van der Waals surface area contributed by atoms with E-state index in [0.29, 0.717) is 0 Å².